The number of benzene rings is 1. The van der Waals surface area contributed by atoms with Crippen LogP contribution in [-0.4, -0.2) is 59.3 Å². The van der Waals surface area contributed by atoms with Crippen LogP contribution >= 0.6 is 11.8 Å². The van der Waals surface area contributed by atoms with Gasteiger partial charge in [-0.2, -0.15) is 11.8 Å². The Hall–Kier alpha value is -1.49. The van der Waals surface area contributed by atoms with E-state index in [0.29, 0.717) is 37.8 Å². The van der Waals surface area contributed by atoms with Crippen LogP contribution in [0.1, 0.15) is 25.3 Å². The molecule has 2 amide bonds. The predicted octanol–water partition coefficient (Wildman–Crippen LogP) is 2.21. The molecular weight excluding hydrogens is 296 g/mol. The highest BCUT2D eigenvalue weighted by Crippen LogP contribution is 2.20. The van der Waals surface area contributed by atoms with Crippen LogP contribution in [0.2, 0.25) is 0 Å². The summed E-state index contributed by atoms with van der Waals surface area (Å²) in [5, 5.41) is 0. The maximum atomic E-state index is 12.2. The molecule has 1 heterocycles. The van der Waals surface area contributed by atoms with Gasteiger partial charge in [0.2, 0.25) is 11.8 Å². The molecule has 0 aliphatic carbocycles. The van der Waals surface area contributed by atoms with Gasteiger partial charge in [-0.3, -0.25) is 9.59 Å². The Morgan fingerprint density at radius 2 is 1.68 bits per heavy atom. The number of hydrogen-bond donors (Lipinski definition) is 0. The summed E-state index contributed by atoms with van der Waals surface area (Å²) in [4.78, 5) is 27.1. The second-order valence-corrected chi connectivity index (χ2v) is 6.74. The maximum absolute atomic E-state index is 12.2. The van der Waals surface area contributed by atoms with Crippen LogP contribution in [0.4, 0.5) is 0 Å². The third-order valence-corrected chi connectivity index (χ3v) is 5.23. The third kappa shape index (κ3) is 4.77. The van der Waals surface area contributed by atoms with Crippen LogP contribution in [0.5, 0.6) is 0 Å². The van der Waals surface area contributed by atoms with Gasteiger partial charge >= 0.3 is 0 Å². The average molecular weight is 320 g/mol. The van der Waals surface area contributed by atoms with Crippen molar-refractivity contribution >= 4 is 23.6 Å². The lowest BCUT2D eigenvalue weighted by atomic mass is 10.0. The largest absolute Gasteiger partial charge is 0.339 e. The number of carbonyl (C=O) groups is 2. The van der Waals surface area contributed by atoms with Gasteiger partial charge in [0.25, 0.3) is 0 Å². The minimum Gasteiger partial charge on any atom is -0.339 e. The van der Waals surface area contributed by atoms with Crippen LogP contribution in [0.3, 0.4) is 0 Å². The molecule has 0 saturated carbocycles. The normalized spacial score (nSPS) is 16.5. The molecule has 1 aliphatic rings. The van der Waals surface area contributed by atoms with E-state index in [1.54, 1.807) is 23.6 Å². The molecule has 0 unspecified atom stereocenters. The molecule has 0 bridgehead atoms. The van der Waals surface area contributed by atoms with Crippen LogP contribution in [0.25, 0.3) is 0 Å². The van der Waals surface area contributed by atoms with E-state index in [-0.39, 0.29) is 11.8 Å². The first-order valence-corrected chi connectivity index (χ1v) is 8.89. The van der Waals surface area contributed by atoms with Gasteiger partial charge in [-0.15, -0.1) is 0 Å². The summed E-state index contributed by atoms with van der Waals surface area (Å²) < 4.78 is 0. The fraction of sp³-hybridized carbons (Fsp3) is 0.529. The van der Waals surface area contributed by atoms with Gasteiger partial charge in [0, 0.05) is 38.9 Å². The van der Waals surface area contributed by atoms with E-state index in [2.05, 4.69) is 31.2 Å². The fourth-order valence-electron chi connectivity index (χ4n) is 2.56. The quantitative estimate of drug-likeness (QED) is 0.835. The molecule has 1 fully saturated rings. The molecule has 1 aliphatic heterocycles. The van der Waals surface area contributed by atoms with Crippen LogP contribution in [0.15, 0.2) is 30.3 Å². The van der Waals surface area contributed by atoms with Crippen LogP contribution in [0, 0.1) is 0 Å². The Labute approximate surface area is 136 Å². The van der Waals surface area contributed by atoms with Crippen LogP contribution in [-0.2, 0) is 9.59 Å². The molecule has 1 saturated heterocycles. The van der Waals surface area contributed by atoms with E-state index in [4.69, 9.17) is 0 Å². The Morgan fingerprint density at radius 1 is 1.09 bits per heavy atom. The molecule has 2 rings (SSSR count). The smallest absolute Gasteiger partial charge is 0.232 e. The lowest BCUT2D eigenvalue weighted by Gasteiger charge is -2.34. The van der Waals surface area contributed by atoms with Crippen molar-refractivity contribution in [2.75, 3.05) is 37.7 Å². The van der Waals surface area contributed by atoms with Gasteiger partial charge in [0.15, 0.2) is 0 Å². The molecule has 4 nitrogen and oxygen atoms in total. The minimum absolute atomic E-state index is 0.0955. The molecule has 0 N–H and O–H groups in total. The summed E-state index contributed by atoms with van der Waals surface area (Å²) in [6.45, 7) is 6.41. The summed E-state index contributed by atoms with van der Waals surface area (Å²) in [6.07, 6.45) is 0. The highest BCUT2D eigenvalue weighted by atomic mass is 32.2. The second kappa shape index (κ2) is 8.22. The molecule has 5 heteroatoms. The predicted molar refractivity (Wildman–Crippen MR) is 91.0 cm³/mol. The monoisotopic (exact) mass is 320 g/mol. The summed E-state index contributed by atoms with van der Waals surface area (Å²) >= 11 is 1.69. The summed E-state index contributed by atoms with van der Waals surface area (Å²) in [6, 6.07) is 10.4. The van der Waals surface area contributed by atoms with Crippen molar-refractivity contribution in [2.24, 2.45) is 0 Å². The van der Waals surface area contributed by atoms with E-state index in [1.165, 1.54) is 5.56 Å². The molecule has 1 aromatic rings. The Balaban J connectivity index is 1.69. The zero-order chi connectivity index (χ0) is 15.9. The summed E-state index contributed by atoms with van der Waals surface area (Å²) in [5.41, 5.74) is 1.32. The molecule has 1 aromatic carbocycles. The zero-order valence-corrected chi connectivity index (χ0v) is 14.1. The van der Waals surface area contributed by atoms with Crippen molar-refractivity contribution in [3.63, 3.8) is 0 Å². The Bertz CT molecular complexity index is 499. The molecule has 1 atom stereocenters. The van der Waals surface area contributed by atoms with Gasteiger partial charge < -0.3 is 9.80 Å². The van der Waals surface area contributed by atoms with Gasteiger partial charge in [0.1, 0.15) is 0 Å². The van der Waals surface area contributed by atoms with Crippen molar-refractivity contribution < 1.29 is 9.59 Å². The number of thioether (sulfide) groups is 1. The van der Waals surface area contributed by atoms with Crippen molar-refractivity contribution in [1.82, 2.24) is 9.80 Å². The zero-order valence-electron chi connectivity index (χ0n) is 13.3. The topological polar surface area (TPSA) is 40.6 Å². The lowest BCUT2D eigenvalue weighted by Crippen LogP contribution is -2.50. The van der Waals surface area contributed by atoms with Crippen LogP contribution < -0.4 is 0 Å². The standard InChI is InChI=1S/C17H24N2O2S/c1-14(16-6-4-3-5-7-16)12-22-13-17(21)19-10-8-18(9-11-19)15(2)20/h3-7,14H,8-13H2,1-2H3/t14-/m1/s1. The number of piperazine rings is 1. The molecule has 22 heavy (non-hydrogen) atoms. The minimum atomic E-state index is 0.0955. The first-order valence-electron chi connectivity index (χ1n) is 7.74. The highest BCUT2D eigenvalue weighted by molar-refractivity contribution is 7.99. The maximum Gasteiger partial charge on any atom is 0.232 e. The summed E-state index contributed by atoms with van der Waals surface area (Å²) in [5.74, 6) is 2.21. The Kier molecular flexibility index (Phi) is 6.31. The van der Waals surface area contributed by atoms with Crippen molar-refractivity contribution in [3.8, 4) is 0 Å². The fourth-order valence-corrected chi connectivity index (χ4v) is 3.58. The van der Waals surface area contributed by atoms with E-state index in [1.807, 2.05) is 11.0 Å². The molecule has 0 aromatic heterocycles. The van der Waals surface area contributed by atoms with E-state index < -0.39 is 0 Å². The van der Waals surface area contributed by atoms with Crippen molar-refractivity contribution in [3.05, 3.63) is 35.9 Å². The molecule has 120 valence electrons. The van der Waals surface area contributed by atoms with Crippen molar-refractivity contribution in [1.29, 1.82) is 0 Å². The molecular formula is C17H24N2O2S. The number of hydrogen-bond acceptors (Lipinski definition) is 3. The molecule has 0 radical (unpaired) electrons. The Morgan fingerprint density at radius 3 is 2.27 bits per heavy atom. The van der Waals surface area contributed by atoms with Gasteiger partial charge in [-0.1, -0.05) is 37.3 Å². The first kappa shape index (κ1) is 16.9. The number of rotatable bonds is 5. The highest BCUT2D eigenvalue weighted by Gasteiger charge is 2.22. The van der Waals surface area contributed by atoms with Crippen molar-refractivity contribution in [2.45, 2.75) is 19.8 Å². The third-order valence-electron chi connectivity index (χ3n) is 4.04. The first-order chi connectivity index (χ1) is 10.6. The average Bonchev–Trinajstić information content (AvgIpc) is 2.55. The van der Waals surface area contributed by atoms with Gasteiger partial charge in [-0.05, 0) is 11.5 Å². The lowest BCUT2D eigenvalue weighted by molar-refractivity contribution is -0.136. The number of nitrogens with zero attached hydrogens (tertiary/aromatic N) is 2. The van der Waals surface area contributed by atoms with Gasteiger partial charge in [0.05, 0.1) is 5.75 Å². The summed E-state index contributed by atoms with van der Waals surface area (Å²) in [7, 11) is 0. The second-order valence-electron chi connectivity index (χ2n) is 5.71. The van der Waals surface area contributed by atoms with E-state index in [0.717, 1.165) is 5.75 Å². The van der Waals surface area contributed by atoms with E-state index >= 15 is 0 Å². The SMILES string of the molecule is CC(=O)N1CCN(C(=O)CSC[C@@H](C)c2ccccc2)CC1. The molecule has 0 spiro atoms. The number of amides is 2. The number of carbonyl (C=O) groups excluding carboxylic acids is 2. The van der Waals surface area contributed by atoms with Gasteiger partial charge in [-0.25, -0.2) is 0 Å². The van der Waals surface area contributed by atoms with E-state index in [9.17, 15) is 9.59 Å².